The summed E-state index contributed by atoms with van der Waals surface area (Å²) < 4.78 is 0. The number of hydrogen-bond donors (Lipinski definition) is 1. The number of nitrogens with zero attached hydrogens (tertiary/aromatic N) is 1. The van der Waals surface area contributed by atoms with Crippen molar-refractivity contribution in [3.05, 3.63) is 30.1 Å². The number of carbonyl (C=O) groups excluding carboxylic acids is 1. The van der Waals surface area contributed by atoms with Gasteiger partial charge in [0.25, 0.3) is 0 Å². The second-order valence-corrected chi connectivity index (χ2v) is 2.87. The van der Waals surface area contributed by atoms with Crippen LogP contribution < -0.4 is 10.4 Å². The van der Waals surface area contributed by atoms with Crippen LogP contribution in [0.25, 0.3) is 0 Å². The lowest BCUT2D eigenvalue weighted by Crippen LogP contribution is -2.91. The van der Waals surface area contributed by atoms with Gasteiger partial charge in [0.15, 0.2) is 0 Å². The lowest BCUT2D eigenvalue weighted by Gasteiger charge is -2.10. The molecule has 1 atom stereocenters. The third-order valence-electron chi connectivity index (χ3n) is 1.78. The fraction of sp³-hybridized carbons (Fsp3) is 0.333. The van der Waals surface area contributed by atoms with Gasteiger partial charge in [0.05, 0.1) is 11.7 Å². The van der Waals surface area contributed by atoms with Gasteiger partial charge >= 0.3 is 0 Å². The molecule has 0 aliphatic rings. The van der Waals surface area contributed by atoms with E-state index in [9.17, 15) is 9.90 Å². The van der Waals surface area contributed by atoms with Gasteiger partial charge in [0.2, 0.25) is 0 Å². The number of aliphatic carboxylic acids is 1. The molecule has 70 valence electrons. The van der Waals surface area contributed by atoms with E-state index in [4.69, 9.17) is 0 Å². The minimum Gasteiger partial charge on any atom is -0.544 e. The average molecular weight is 180 g/mol. The van der Waals surface area contributed by atoms with Crippen molar-refractivity contribution in [2.75, 3.05) is 0 Å². The van der Waals surface area contributed by atoms with Crippen LogP contribution in [0.3, 0.4) is 0 Å². The molecule has 4 nitrogen and oxygen atoms in total. The molecule has 1 rings (SSSR count). The Hall–Kier alpha value is -1.42. The van der Waals surface area contributed by atoms with Crippen molar-refractivity contribution in [1.82, 2.24) is 4.98 Å². The monoisotopic (exact) mass is 180 g/mol. The summed E-state index contributed by atoms with van der Waals surface area (Å²) in [6.45, 7) is 2.16. The van der Waals surface area contributed by atoms with Gasteiger partial charge < -0.3 is 15.2 Å². The SMILES string of the molecule is C[C@H]([NH2+]Cc1ccccn1)C(=O)[O-]. The van der Waals surface area contributed by atoms with Gasteiger partial charge in [-0.25, -0.2) is 0 Å². The highest BCUT2D eigenvalue weighted by atomic mass is 16.4. The van der Waals surface area contributed by atoms with Crippen LogP contribution in [-0.2, 0) is 11.3 Å². The summed E-state index contributed by atoms with van der Waals surface area (Å²) in [5, 5.41) is 12.0. The van der Waals surface area contributed by atoms with Gasteiger partial charge in [-0.1, -0.05) is 6.07 Å². The highest BCUT2D eigenvalue weighted by Gasteiger charge is 2.05. The summed E-state index contributed by atoms with van der Waals surface area (Å²) in [7, 11) is 0. The first kappa shape index (κ1) is 9.67. The summed E-state index contributed by atoms with van der Waals surface area (Å²) in [4.78, 5) is 14.4. The van der Waals surface area contributed by atoms with Gasteiger partial charge in [-0.15, -0.1) is 0 Å². The van der Waals surface area contributed by atoms with E-state index in [0.717, 1.165) is 5.69 Å². The molecule has 13 heavy (non-hydrogen) atoms. The minimum atomic E-state index is -1.05. The van der Waals surface area contributed by atoms with Crippen LogP contribution in [0.1, 0.15) is 12.6 Å². The normalized spacial score (nSPS) is 12.4. The maximum absolute atomic E-state index is 10.4. The number of pyridine rings is 1. The fourth-order valence-corrected chi connectivity index (χ4v) is 0.913. The molecule has 1 aromatic heterocycles. The summed E-state index contributed by atoms with van der Waals surface area (Å²) in [6.07, 6.45) is 1.69. The Labute approximate surface area is 76.6 Å². The molecule has 0 aliphatic heterocycles. The largest absolute Gasteiger partial charge is 0.544 e. The van der Waals surface area contributed by atoms with Crippen molar-refractivity contribution < 1.29 is 15.2 Å². The Morgan fingerprint density at radius 1 is 1.69 bits per heavy atom. The Bertz CT molecular complexity index is 274. The third-order valence-corrected chi connectivity index (χ3v) is 1.78. The first-order valence-electron chi connectivity index (χ1n) is 4.14. The first-order valence-corrected chi connectivity index (χ1v) is 4.14. The second-order valence-electron chi connectivity index (χ2n) is 2.87. The molecule has 0 fully saturated rings. The number of quaternary nitrogens is 1. The number of aromatic nitrogens is 1. The van der Waals surface area contributed by atoms with E-state index in [1.54, 1.807) is 18.4 Å². The number of carbonyl (C=O) groups is 1. The number of carboxylic acid groups (broad SMARTS) is 1. The highest BCUT2D eigenvalue weighted by molar-refractivity contribution is 5.68. The first-order chi connectivity index (χ1) is 6.20. The molecule has 0 saturated carbocycles. The second kappa shape index (κ2) is 4.57. The van der Waals surface area contributed by atoms with Crippen molar-refractivity contribution in [3.63, 3.8) is 0 Å². The standard InChI is InChI=1S/C9H12N2O2/c1-7(9(12)13)11-6-8-4-2-3-5-10-8/h2-5,7,11H,6H2,1H3,(H,12,13)/t7-/m0/s1. The van der Waals surface area contributed by atoms with Crippen LogP contribution in [0.2, 0.25) is 0 Å². The molecule has 0 aliphatic carbocycles. The van der Waals surface area contributed by atoms with E-state index >= 15 is 0 Å². The lowest BCUT2D eigenvalue weighted by molar-refractivity contribution is -0.695. The van der Waals surface area contributed by atoms with E-state index in [-0.39, 0.29) is 0 Å². The van der Waals surface area contributed by atoms with Crippen molar-refractivity contribution in [3.8, 4) is 0 Å². The molecule has 0 radical (unpaired) electrons. The van der Waals surface area contributed by atoms with Crippen LogP contribution in [0.4, 0.5) is 0 Å². The number of rotatable bonds is 4. The molecule has 2 N–H and O–H groups in total. The maximum Gasteiger partial charge on any atom is 0.123 e. The molecule has 1 heterocycles. The topological polar surface area (TPSA) is 69.6 Å². The predicted octanol–water partition coefficient (Wildman–Crippen LogP) is -1.72. The van der Waals surface area contributed by atoms with Gasteiger partial charge in [0, 0.05) is 6.20 Å². The molecular formula is C9H12N2O2. The maximum atomic E-state index is 10.4. The molecular weight excluding hydrogens is 168 g/mol. The van der Waals surface area contributed by atoms with Crippen molar-refractivity contribution in [2.24, 2.45) is 0 Å². The fourth-order valence-electron chi connectivity index (χ4n) is 0.913. The zero-order valence-electron chi connectivity index (χ0n) is 7.43. The number of nitrogens with two attached hydrogens (primary N) is 1. The summed E-state index contributed by atoms with van der Waals surface area (Å²) in [6, 6.07) is 5.03. The molecule has 0 saturated heterocycles. The highest BCUT2D eigenvalue weighted by Crippen LogP contribution is 1.88. The van der Waals surface area contributed by atoms with Crippen LogP contribution in [0.15, 0.2) is 24.4 Å². The Kier molecular flexibility index (Phi) is 3.40. The average Bonchev–Trinajstić information content (AvgIpc) is 2.15. The predicted molar refractivity (Wildman–Crippen MR) is 44.3 cm³/mol. The van der Waals surface area contributed by atoms with E-state index in [1.807, 2.05) is 18.2 Å². The van der Waals surface area contributed by atoms with Crippen LogP contribution >= 0.6 is 0 Å². The van der Waals surface area contributed by atoms with Crippen molar-refractivity contribution in [1.29, 1.82) is 0 Å². The van der Waals surface area contributed by atoms with Crippen molar-refractivity contribution in [2.45, 2.75) is 19.5 Å². The van der Waals surface area contributed by atoms with E-state index in [0.29, 0.717) is 6.54 Å². The molecule has 1 aromatic rings. The Morgan fingerprint density at radius 3 is 3.00 bits per heavy atom. The molecule has 4 heteroatoms. The van der Waals surface area contributed by atoms with E-state index < -0.39 is 12.0 Å². The molecule has 0 spiro atoms. The van der Waals surface area contributed by atoms with E-state index in [1.165, 1.54) is 0 Å². The number of hydrogen-bond acceptors (Lipinski definition) is 3. The van der Waals surface area contributed by atoms with Gasteiger partial charge in [-0.3, -0.25) is 4.98 Å². The Balaban J connectivity index is 2.39. The third kappa shape index (κ3) is 3.21. The minimum absolute atomic E-state index is 0.526. The van der Waals surface area contributed by atoms with Crippen LogP contribution in [0, 0.1) is 0 Å². The van der Waals surface area contributed by atoms with E-state index in [2.05, 4.69) is 4.98 Å². The molecule has 0 bridgehead atoms. The molecule has 0 amide bonds. The Morgan fingerprint density at radius 2 is 2.46 bits per heavy atom. The van der Waals surface area contributed by atoms with Gasteiger partial charge in [0.1, 0.15) is 12.6 Å². The van der Waals surface area contributed by atoms with Crippen LogP contribution in [0.5, 0.6) is 0 Å². The zero-order valence-corrected chi connectivity index (χ0v) is 7.43. The quantitative estimate of drug-likeness (QED) is 0.599. The summed E-state index contributed by atoms with van der Waals surface area (Å²) in [5.74, 6) is -1.05. The summed E-state index contributed by atoms with van der Waals surface area (Å²) in [5.41, 5.74) is 0.871. The molecule has 0 aromatic carbocycles. The smallest absolute Gasteiger partial charge is 0.123 e. The summed E-state index contributed by atoms with van der Waals surface area (Å²) >= 11 is 0. The van der Waals surface area contributed by atoms with Gasteiger partial charge in [-0.2, -0.15) is 0 Å². The molecule has 0 unspecified atom stereocenters. The lowest BCUT2D eigenvalue weighted by atomic mass is 10.3. The zero-order chi connectivity index (χ0) is 9.68. The van der Waals surface area contributed by atoms with Crippen molar-refractivity contribution >= 4 is 5.97 Å². The number of carboxylic acids is 1. The van der Waals surface area contributed by atoms with Gasteiger partial charge in [-0.05, 0) is 19.1 Å². The van der Waals surface area contributed by atoms with Crippen LogP contribution in [-0.4, -0.2) is 17.0 Å².